The summed E-state index contributed by atoms with van der Waals surface area (Å²) < 4.78 is 5.13. The number of carbonyl (C=O) groups is 2. The third-order valence-corrected chi connectivity index (χ3v) is 2.96. The topological polar surface area (TPSA) is 89.6 Å². The molecule has 0 spiro atoms. The van der Waals surface area contributed by atoms with Gasteiger partial charge in [0.25, 0.3) is 0 Å². The molecule has 1 rings (SSSR count). The smallest absolute Gasteiger partial charge is 0.322 e. The van der Waals surface area contributed by atoms with Crippen LogP contribution in [0.2, 0.25) is 0 Å². The van der Waals surface area contributed by atoms with E-state index in [1.165, 1.54) is 0 Å². The van der Waals surface area contributed by atoms with Gasteiger partial charge < -0.3 is 15.6 Å². The summed E-state index contributed by atoms with van der Waals surface area (Å²) in [4.78, 5) is 23.3. The van der Waals surface area contributed by atoms with Gasteiger partial charge in [-0.25, -0.2) is 0 Å². The first-order valence-electron chi connectivity index (χ1n) is 6.96. The van der Waals surface area contributed by atoms with Crippen LogP contribution >= 0.6 is 0 Å². The predicted octanol–water partition coefficient (Wildman–Crippen LogP) is 1.99. The Bertz CT molecular complexity index is 479. The summed E-state index contributed by atoms with van der Waals surface area (Å²) in [6, 6.07) is 8.82. The number of esters is 1. The number of ether oxygens (including phenoxy) is 1. The van der Waals surface area contributed by atoms with Gasteiger partial charge in [-0.15, -0.1) is 0 Å². The van der Waals surface area contributed by atoms with Crippen LogP contribution in [0.4, 0.5) is 0 Å². The molecule has 116 valence electrons. The maximum atomic E-state index is 12.0. The molecule has 0 saturated heterocycles. The van der Waals surface area contributed by atoms with Gasteiger partial charge in [0, 0.05) is 6.04 Å². The quantitative estimate of drug-likeness (QED) is 0.618. The minimum Gasteiger partial charge on any atom is -0.481 e. The second-order valence-corrected chi connectivity index (χ2v) is 6.04. The normalized spacial score (nSPS) is 14.3. The number of rotatable bonds is 6. The van der Waals surface area contributed by atoms with Crippen molar-refractivity contribution in [3.8, 4) is 0 Å². The zero-order valence-corrected chi connectivity index (χ0v) is 12.7. The minimum absolute atomic E-state index is 0.403. The Morgan fingerprint density at radius 3 is 2.29 bits per heavy atom. The zero-order chi connectivity index (χ0) is 16.0. The van der Waals surface area contributed by atoms with Crippen molar-refractivity contribution in [2.75, 3.05) is 0 Å². The van der Waals surface area contributed by atoms with Crippen LogP contribution in [-0.2, 0) is 20.7 Å². The maximum absolute atomic E-state index is 12.0. The largest absolute Gasteiger partial charge is 0.481 e. The van der Waals surface area contributed by atoms with Crippen molar-refractivity contribution in [2.45, 2.75) is 45.3 Å². The molecule has 0 bridgehead atoms. The van der Waals surface area contributed by atoms with Crippen molar-refractivity contribution in [2.24, 2.45) is 11.7 Å². The molecule has 0 aromatic heterocycles. The van der Waals surface area contributed by atoms with Gasteiger partial charge >= 0.3 is 11.9 Å². The molecule has 5 nitrogen and oxygen atoms in total. The molecule has 21 heavy (non-hydrogen) atoms. The van der Waals surface area contributed by atoms with Gasteiger partial charge in [-0.3, -0.25) is 9.59 Å². The highest BCUT2D eigenvalue weighted by Crippen LogP contribution is 2.16. The van der Waals surface area contributed by atoms with Crippen LogP contribution in [0.3, 0.4) is 0 Å². The summed E-state index contributed by atoms with van der Waals surface area (Å²) in [6.45, 7) is 5.08. The van der Waals surface area contributed by atoms with E-state index in [0.717, 1.165) is 5.56 Å². The van der Waals surface area contributed by atoms with Gasteiger partial charge in [0.2, 0.25) is 0 Å². The van der Waals surface area contributed by atoms with E-state index in [2.05, 4.69) is 0 Å². The molecule has 1 aromatic rings. The van der Waals surface area contributed by atoms with Crippen molar-refractivity contribution < 1.29 is 19.4 Å². The number of hydrogen-bond donors (Lipinski definition) is 2. The summed E-state index contributed by atoms with van der Waals surface area (Å²) >= 11 is 0. The highest BCUT2D eigenvalue weighted by molar-refractivity contribution is 5.95. The van der Waals surface area contributed by atoms with Crippen molar-refractivity contribution in [1.82, 2.24) is 0 Å². The molecule has 1 unspecified atom stereocenters. The molecule has 0 fully saturated rings. The second-order valence-electron chi connectivity index (χ2n) is 6.04. The van der Waals surface area contributed by atoms with Crippen molar-refractivity contribution in [3.05, 3.63) is 35.9 Å². The molecule has 3 N–H and O–H groups in total. The first-order chi connectivity index (χ1) is 9.70. The average molecular weight is 293 g/mol. The molecule has 0 heterocycles. The van der Waals surface area contributed by atoms with Gasteiger partial charge in [0.1, 0.15) is 5.60 Å². The van der Waals surface area contributed by atoms with E-state index in [1.54, 1.807) is 20.8 Å². The second kappa shape index (κ2) is 7.22. The lowest BCUT2D eigenvalue weighted by Crippen LogP contribution is -2.44. The molecule has 0 radical (unpaired) electrons. The molecular weight excluding hydrogens is 270 g/mol. The molecule has 0 saturated carbocycles. The van der Waals surface area contributed by atoms with Crippen LogP contribution in [0.5, 0.6) is 0 Å². The number of aryl methyl sites for hydroxylation is 1. The summed E-state index contributed by atoms with van der Waals surface area (Å²) in [7, 11) is 0. The van der Waals surface area contributed by atoms with Crippen LogP contribution in [0.25, 0.3) is 0 Å². The van der Waals surface area contributed by atoms with Crippen molar-refractivity contribution >= 4 is 11.9 Å². The molecule has 2 atom stereocenters. The van der Waals surface area contributed by atoms with Crippen molar-refractivity contribution in [3.63, 3.8) is 0 Å². The lowest BCUT2D eigenvalue weighted by atomic mass is 9.94. The summed E-state index contributed by atoms with van der Waals surface area (Å²) in [5.74, 6) is -3.37. The van der Waals surface area contributed by atoms with Crippen LogP contribution < -0.4 is 5.73 Å². The van der Waals surface area contributed by atoms with Crippen LogP contribution in [0.1, 0.15) is 32.8 Å². The fourth-order valence-electron chi connectivity index (χ4n) is 1.97. The molecule has 0 aliphatic carbocycles. The van der Waals surface area contributed by atoms with Crippen molar-refractivity contribution in [1.29, 1.82) is 0 Å². The van der Waals surface area contributed by atoms with E-state index in [1.807, 2.05) is 30.3 Å². The molecule has 0 aliphatic rings. The van der Waals surface area contributed by atoms with E-state index in [9.17, 15) is 14.7 Å². The Labute approximate surface area is 125 Å². The third kappa shape index (κ3) is 5.95. The maximum Gasteiger partial charge on any atom is 0.322 e. The molecule has 0 amide bonds. The number of benzene rings is 1. The molecule has 0 aliphatic heterocycles. The molecule has 5 heteroatoms. The standard InChI is InChI=1S/C16H23NO4/c1-16(2,3)21-15(20)13(14(18)19)12(17)10-9-11-7-5-4-6-8-11/h4-8,12-13H,9-10,17H2,1-3H3,(H,18,19)/t12?,13-/m0/s1. The Kier molecular flexibility index (Phi) is 5.90. The number of carboxylic acids is 1. The molecule has 1 aromatic carbocycles. The van der Waals surface area contributed by atoms with E-state index in [-0.39, 0.29) is 0 Å². The highest BCUT2D eigenvalue weighted by Gasteiger charge is 2.36. The average Bonchev–Trinajstić information content (AvgIpc) is 2.35. The van der Waals surface area contributed by atoms with E-state index in [4.69, 9.17) is 10.5 Å². The van der Waals surface area contributed by atoms with Gasteiger partial charge in [-0.1, -0.05) is 30.3 Å². The van der Waals surface area contributed by atoms with Gasteiger partial charge in [-0.05, 0) is 39.2 Å². The number of nitrogens with two attached hydrogens (primary N) is 1. The van der Waals surface area contributed by atoms with Crippen LogP contribution in [0.15, 0.2) is 30.3 Å². The monoisotopic (exact) mass is 293 g/mol. The van der Waals surface area contributed by atoms with E-state index >= 15 is 0 Å². The Morgan fingerprint density at radius 2 is 1.81 bits per heavy atom. The SMILES string of the molecule is CC(C)(C)OC(=O)[C@H](C(=O)O)C(N)CCc1ccccc1. The van der Waals surface area contributed by atoms with E-state index in [0.29, 0.717) is 12.8 Å². The van der Waals surface area contributed by atoms with Crippen LogP contribution in [0, 0.1) is 5.92 Å². The third-order valence-electron chi connectivity index (χ3n) is 2.96. The van der Waals surface area contributed by atoms with Gasteiger partial charge in [-0.2, -0.15) is 0 Å². The number of aliphatic carboxylic acids is 1. The number of carbonyl (C=O) groups excluding carboxylic acids is 1. The Hall–Kier alpha value is -1.88. The summed E-state index contributed by atoms with van der Waals surface area (Å²) in [6.07, 6.45) is 1.02. The summed E-state index contributed by atoms with van der Waals surface area (Å²) in [5, 5.41) is 9.23. The van der Waals surface area contributed by atoms with E-state index < -0.39 is 29.5 Å². The fraction of sp³-hybridized carbons (Fsp3) is 0.500. The first-order valence-corrected chi connectivity index (χ1v) is 6.96. The summed E-state index contributed by atoms with van der Waals surface area (Å²) in [5.41, 5.74) is 6.23. The first kappa shape index (κ1) is 17.2. The predicted molar refractivity (Wildman–Crippen MR) is 79.7 cm³/mol. The lowest BCUT2D eigenvalue weighted by Gasteiger charge is -2.25. The Morgan fingerprint density at radius 1 is 1.24 bits per heavy atom. The fourth-order valence-corrected chi connectivity index (χ4v) is 1.97. The minimum atomic E-state index is -1.34. The molecular formula is C16H23NO4. The van der Waals surface area contributed by atoms with Crippen LogP contribution in [-0.4, -0.2) is 28.7 Å². The number of carboxylic acid groups (broad SMARTS) is 1. The zero-order valence-electron chi connectivity index (χ0n) is 12.7. The van der Waals surface area contributed by atoms with Gasteiger partial charge in [0.05, 0.1) is 0 Å². The highest BCUT2D eigenvalue weighted by atomic mass is 16.6. The van der Waals surface area contributed by atoms with Gasteiger partial charge in [0.15, 0.2) is 5.92 Å². The Balaban J connectivity index is 2.67. The lowest BCUT2D eigenvalue weighted by molar-refractivity contribution is -0.167. The number of hydrogen-bond acceptors (Lipinski definition) is 4.